The fourth-order valence-corrected chi connectivity index (χ4v) is 2.81. The molecule has 7 heteroatoms. The van der Waals surface area contributed by atoms with Gasteiger partial charge in [-0.15, -0.1) is 0 Å². The van der Waals surface area contributed by atoms with Gasteiger partial charge in [0.05, 0.1) is 13.7 Å². The maximum atomic E-state index is 11.7. The van der Waals surface area contributed by atoms with Crippen LogP contribution in [0, 0.1) is 5.92 Å². The molecule has 1 heterocycles. The van der Waals surface area contributed by atoms with Gasteiger partial charge in [-0.05, 0) is 18.1 Å². The summed E-state index contributed by atoms with van der Waals surface area (Å²) in [6.07, 6.45) is 0.766. The van der Waals surface area contributed by atoms with Crippen LogP contribution in [-0.2, 0) is 16.6 Å². The summed E-state index contributed by atoms with van der Waals surface area (Å²) in [7, 11) is 1.22. The predicted molar refractivity (Wildman–Crippen MR) is 76.3 cm³/mol. The van der Waals surface area contributed by atoms with Crippen molar-refractivity contribution in [1.29, 1.82) is 0 Å². The molecule has 0 amide bonds. The molecule has 0 saturated heterocycles. The maximum absolute atomic E-state index is 11.7. The zero-order valence-electron chi connectivity index (χ0n) is 11.9. The van der Waals surface area contributed by atoms with Crippen molar-refractivity contribution < 1.29 is 17.9 Å². The van der Waals surface area contributed by atoms with Gasteiger partial charge < -0.3 is 9.47 Å². The quantitative estimate of drug-likeness (QED) is 0.866. The monoisotopic (exact) mass is 300 g/mol. The number of hydrogen-bond acceptors (Lipinski definition) is 4. The molecule has 6 nitrogen and oxygen atoms in total. The molecule has 1 aromatic carbocycles. The number of benzene rings is 1. The summed E-state index contributed by atoms with van der Waals surface area (Å²) in [6, 6.07) is 5.74. The fourth-order valence-electron chi connectivity index (χ4n) is 2.10. The summed E-state index contributed by atoms with van der Waals surface area (Å²) in [6.45, 7) is 0.834. The van der Waals surface area contributed by atoms with Crippen molar-refractivity contribution in [2.45, 2.75) is 6.42 Å². The molecule has 1 aromatic rings. The molecule has 0 bridgehead atoms. The average molecular weight is 300 g/mol. The normalized spacial score (nSPS) is 18.5. The molecule has 1 atom stereocenters. The van der Waals surface area contributed by atoms with Crippen LogP contribution in [-0.4, -0.2) is 47.1 Å². The van der Waals surface area contributed by atoms with Crippen LogP contribution in [0.25, 0.3) is 0 Å². The van der Waals surface area contributed by atoms with E-state index >= 15 is 0 Å². The molecule has 0 saturated carbocycles. The second-order valence-electron chi connectivity index (χ2n) is 4.97. The number of rotatable bonds is 5. The van der Waals surface area contributed by atoms with Crippen LogP contribution in [0.1, 0.15) is 5.56 Å². The zero-order chi connectivity index (χ0) is 14.8. The Morgan fingerprint density at radius 3 is 2.85 bits per heavy atom. The lowest BCUT2D eigenvalue weighted by Gasteiger charge is -2.27. The molecular weight excluding hydrogens is 280 g/mol. The van der Waals surface area contributed by atoms with E-state index in [1.54, 1.807) is 7.11 Å². The van der Waals surface area contributed by atoms with E-state index < -0.39 is 10.2 Å². The minimum Gasteiger partial charge on any atom is -0.493 e. The van der Waals surface area contributed by atoms with E-state index in [1.807, 2.05) is 18.2 Å². The lowest BCUT2D eigenvalue weighted by molar-refractivity contribution is 0.212. The molecule has 2 rings (SSSR count). The first-order valence-electron chi connectivity index (χ1n) is 6.40. The Morgan fingerprint density at radius 2 is 2.20 bits per heavy atom. The van der Waals surface area contributed by atoms with E-state index in [9.17, 15) is 8.42 Å². The zero-order valence-corrected chi connectivity index (χ0v) is 12.7. The number of nitrogens with one attached hydrogen (secondary N) is 1. The third-order valence-corrected chi connectivity index (χ3v) is 4.78. The van der Waals surface area contributed by atoms with E-state index in [2.05, 4.69) is 4.72 Å². The van der Waals surface area contributed by atoms with Crippen LogP contribution < -0.4 is 14.2 Å². The van der Waals surface area contributed by atoms with Crippen molar-refractivity contribution in [3.05, 3.63) is 23.8 Å². The molecule has 1 aliphatic heterocycles. The Labute approximate surface area is 119 Å². The van der Waals surface area contributed by atoms with Gasteiger partial charge in [0.2, 0.25) is 0 Å². The van der Waals surface area contributed by atoms with Crippen LogP contribution in [0.3, 0.4) is 0 Å². The Kier molecular flexibility index (Phi) is 4.52. The van der Waals surface area contributed by atoms with Crippen molar-refractivity contribution in [2.24, 2.45) is 5.92 Å². The number of hydrogen-bond donors (Lipinski definition) is 1. The van der Waals surface area contributed by atoms with E-state index in [0.29, 0.717) is 13.2 Å². The SMILES string of the molecule is COc1cccc2c1OC[C@@H](CNS(=O)(=O)N(C)C)C2. The molecule has 0 unspecified atom stereocenters. The van der Waals surface area contributed by atoms with Crippen LogP contribution in [0.4, 0.5) is 0 Å². The molecule has 0 aliphatic carbocycles. The lowest BCUT2D eigenvalue weighted by atomic mass is 9.96. The third kappa shape index (κ3) is 3.23. The minimum atomic E-state index is -3.38. The molecular formula is C13H20N2O4S. The van der Waals surface area contributed by atoms with Gasteiger partial charge in [-0.3, -0.25) is 0 Å². The predicted octanol–water partition coefficient (Wildman–Crippen LogP) is 0.642. The highest BCUT2D eigenvalue weighted by Crippen LogP contribution is 2.35. The van der Waals surface area contributed by atoms with Crippen molar-refractivity contribution in [2.75, 3.05) is 34.4 Å². The number of ether oxygens (including phenoxy) is 2. The summed E-state index contributed by atoms with van der Waals surface area (Å²) >= 11 is 0. The number of nitrogens with zero attached hydrogens (tertiary/aromatic N) is 1. The van der Waals surface area contributed by atoms with Crippen LogP contribution in [0.5, 0.6) is 11.5 Å². The van der Waals surface area contributed by atoms with Gasteiger partial charge in [0.1, 0.15) is 0 Å². The van der Waals surface area contributed by atoms with Crippen LogP contribution in [0.2, 0.25) is 0 Å². The Hall–Kier alpha value is -1.31. The molecule has 0 fully saturated rings. The van der Waals surface area contributed by atoms with E-state index in [1.165, 1.54) is 14.1 Å². The van der Waals surface area contributed by atoms with Gasteiger partial charge in [-0.1, -0.05) is 12.1 Å². The van der Waals surface area contributed by atoms with Gasteiger partial charge in [0.15, 0.2) is 11.5 Å². The highest BCUT2D eigenvalue weighted by atomic mass is 32.2. The molecule has 20 heavy (non-hydrogen) atoms. The van der Waals surface area contributed by atoms with Gasteiger partial charge >= 0.3 is 0 Å². The summed E-state index contributed by atoms with van der Waals surface area (Å²) in [5.74, 6) is 1.60. The lowest BCUT2D eigenvalue weighted by Crippen LogP contribution is -2.40. The average Bonchev–Trinajstić information content (AvgIpc) is 2.44. The first kappa shape index (κ1) is 15.1. The second-order valence-corrected chi connectivity index (χ2v) is 6.93. The Balaban J connectivity index is 2.02. The molecule has 0 spiro atoms. The number of fused-ring (bicyclic) bond motifs is 1. The van der Waals surface area contributed by atoms with Crippen molar-refractivity contribution in [3.63, 3.8) is 0 Å². The molecule has 1 N–H and O–H groups in total. The van der Waals surface area contributed by atoms with Crippen LogP contribution >= 0.6 is 0 Å². The first-order valence-corrected chi connectivity index (χ1v) is 7.84. The molecule has 112 valence electrons. The Bertz CT molecular complexity index is 572. The summed E-state index contributed by atoms with van der Waals surface area (Å²) < 4.78 is 38.0. The van der Waals surface area contributed by atoms with Gasteiger partial charge in [-0.25, -0.2) is 4.72 Å². The smallest absolute Gasteiger partial charge is 0.278 e. The van der Waals surface area contributed by atoms with Crippen molar-refractivity contribution >= 4 is 10.2 Å². The summed E-state index contributed by atoms with van der Waals surface area (Å²) in [4.78, 5) is 0. The van der Waals surface area contributed by atoms with E-state index in [4.69, 9.17) is 9.47 Å². The third-order valence-electron chi connectivity index (χ3n) is 3.29. The summed E-state index contributed by atoms with van der Waals surface area (Å²) in [5, 5.41) is 0. The fraction of sp³-hybridized carbons (Fsp3) is 0.538. The molecule has 1 aliphatic rings. The highest BCUT2D eigenvalue weighted by molar-refractivity contribution is 7.87. The summed E-state index contributed by atoms with van der Waals surface area (Å²) in [5.41, 5.74) is 1.05. The van der Waals surface area contributed by atoms with Crippen LogP contribution in [0.15, 0.2) is 18.2 Å². The first-order chi connectivity index (χ1) is 9.44. The minimum absolute atomic E-state index is 0.115. The van der Waals surface area contributed by atoms with Gasteiger partial charge in [0.25, 0.3) is 10.2 Å². The van der Waals surface area contributed by atoms with Crippen molar-refractivity contribution in [1.82, 2.24) is 9.03 Å². The van der Waals surface area contributed by atoms with Gasteiger partial charge in [0, 0.05) is 26.6 Å². The standard InChI is InChI=1S/C13H20N2O4S/c1-15(2)20(16,17)14-8-10-7-11-5-4-6-12(18-3)13(11)19-9-10/h4-6,10,14H,7-9H2,1-3H3/t10-/m1/s1. The topological polar surface area (TPSA) is 67.9 Å². The highest BCUT2D eigenvalue weighted by Gasteiger charge is 2.24. The van der Waals surface area contributed by atoms with Crippen molar-refractivity contribution in [3.8, 4) is 11.5 Å². The Morgan fingerprint density at radius 1 is 1.45 bits per heavy atom. The van der Waals surface area contributed by atoms with E-state index in [-0.39, 0.29) is 5.92 Å². The second kappa shape index (κ2) is 5.99. The van der Waals surface area contributed by atoms with E-state index in [0.717, 1.165) is 27.8 Å². The number of methoxy groups -OCH3 is 1. The number of para-hydroxylation sites is 1. The van der Waals surface area contributed by atoms with Gasteiger partial charge in [-0.2, -0.15) is 12.7 Å². The largest absolute Gasteiger partial charge is 0.493 e. The molecule has 0 radical (unpaired) electrons. The molecule has 0 aromatic heterocycles. The maximum Gasteiger partial charge on any atom is 0.278 e.